The standard InChI is InChI=1S/C26H31N7O7/c1-17-11-20(38-4)5-6-21(17)32(26(35)40-15-18-13-28-25(29-18)33(36)37)24-12-22(23(14-27-24)30(2)3)31(16-34)19-7-9-39-10-8-19/h5-6,11-14,16,19H,7-10,15H2,1-4H3,(H,28,29). The first-order chi connectivity index (χ1) is 19.2. The van der Waals surface area contributed by atoms with Gasteiger partial charge in [0.2, 0.25) is 6.41 Å². The third-order valence-corrected chi connectivity index (χ3v) is 6.50. The van der Waals surface area contributed by atoms with Gasteiger partial charge in [-0.25, -0.2) is 19.7 Å². The first-order valence-corrected chi connectivity index (χ1v) is 12.5. The Balaban J connectivity index is 1.75. The molecule has 40 heavy (non-hydrogen) atoms. The number of imidazole rings is 1. The number of rotatable bonds is 10. The zero-order valence-corrected chi connectivity index (χ0v) is 22.7. The molecule has 1 N–H and O–H groups in total. The van der Waals surface area contributed by atoms with Crippen molar-refractivity contribution in [1.82, 2.24) is 15.0 Å². The summed E-state index contributed by atoms with van der Waals surface area (Å²) in [6, 6.07) is 6.76. The van der Waals surface area contributed by atoms with Crippen LogP contribution in [0, 0.1) is 17.0 Å². The van der Waals surface area contributed by atoms with E-state index in [1.807, 2.05) is 25.9 Å². The molecule has 0 unspecified atom stereocenters. The van der Waals surface area contributed by atoms with Crippen LogP contribution in [0.5, 0.6) is 5.75 Å². The quantitative estimate of drug-likeness (QED) is 0.223. The predicted molar refractivity (Wildman–Crippen MR) is 146 cm³/mol. The molecule has 14 heteroatoms. The highest BCUT2D eigenvalue weighted by atomic mass is 16.6. The molecule has 4 rings (SSSR count). The van der Waals surface area contributed by atoms with E-state index in [4.69, 9.17) is 14.2 Å². The number of aromatic nitrogens is 3. The van der Waals surface area contributed by atoms with Crippen LogP contribution in [0.1, 0.15) is 24.1 Å². The lowest BCUT2D eigenvalue weighted by atomic mass is 10.1. The Labute approximate surface area is 230 Å². The lowest BCUT2D eigenvalue weighted by molar-refractivity contribution is -0.393. The average molecular weight is 554 g/mol. The molecule has 1 aliphatic rings. The zero-order valence-electron chi connectivity index (χ0n) is 22.7. The van der Waals surface area contributed by atoms with Crippen molar-refractivity contribution in [2.75, 3.05) is 49.1 Å². The largest absolute Gasteiger partial charge is 0.497 e. The third-order valence-electron chi connectivity index (χ3n) is 6.50. The molecule has 0 radical (unpaired) electrons. The summed E-state index contributed by atoms with van der Waals surface area (Å²) in [5.41, 5.74) is 2.68. The third kappa shape index (κ3) is 6.12. The van der Waals surface area contributed by atoms with Crippen LogP contribution in [0.4, 0.5) is 33.6 Å². The van der Waals surface area contributed by atoms with Gasteiger partial charge in [0.25, 0.3) is 0 Å². The second-order valence-electron chi connectivity index (χ2n) is 9.31. The van der Waals surface area contributed by atoms with Gasteiger partial charge in [-0.05, 0) is 48.5 Å². The van der Waals surface area contributed by atoms with Crippen molar-refractivity contribution >= 4 is 41.3 Å². The maximum absolute atomic E-state index is 13.6. The van der Waals surface area contributed by atoms with E-state index < -0.39 is 17.0 Å². The molecular formula is C26H31N7O7. The number of amides is 2. The predicted octanol–water partition coefficient (Wildman–Crippen LogP) is 3.71. The number of anilines is 4. The van der Waals surface area contributed by atoms with Crippen molar-refractivity contribution in [1.29, 1.82) is 0 Å². The lowest BCUT2D eigenvalue weighted by Gasteiger charge is -2.34. The van der Waals surface area contributed by atoms with Gasteiger partial charge >= 0.3 is 12.0 Å². The van der Waals surface area contributed by atoms with Crippen LogP contribution in [-0.4, -0.2) is 72.8 Å². The van der Waals surface area contributed by atoms with Crippen molar-refractivity contribution in [2.45, 2.75) is 32.4 Å². The number of nitro groups is 1. The first kappa shape index (κ1) is 28.3. The lowest BCUT2D eigenvalue weighted by Crippen LogP contribution is -2.39. The molecule has 1 fully saturated rings. The SMILES string of the molecule is COc1ccc(N(C(=O)OCc2cnc([N+](=O)[O-])[nH]2)c2cc(N(C=O)C3CCOCC3)c(N(C)C)cn2)c(C)c1. The Morgan fingerprint density at radius 3 is 2.52 bits per heavy atom. The van der Waals surface area contributed by atoms with E-state index >= 15 is 0 Å². The fraction of sp³-hybridized carbons (Fsp3) is 0.385. The Kier molecular flexibility index (Phi) is 8.79. The minimum absolute atomic E-state index is 0.0838. The Hall–Kier alpha value is -4.72. The van der Waals surface area contributed by atoms with E-state index in [2.05, 4.69) is 15.0 Å². The molecule has 0 saturated carbocycles. The number of hydrogen-bond donors (Lipinski definition) is 1. The van der Waals surface area contributed by atoms with Gasteiger partial charge in [0.05, 0.1) is 30.4 Å². The average Bonchev–Trinajstić information content (AvgIpc) is 3.43. The fourth-order valence-electron chi connectivity index (χ4n) is 4.44. The first-order valence-electron chi connectivity index (χ1n) is 12.5. The van der Waals surface area contributed by atoms with Gasteiger partial charge < -0.3 is 34.1 Å². The van der Waals surface area contributed by atoms with Gasteiger partial charge in [-0.3, -0.25) is 4.79 Å². The Morgan fingerprint density at radius 1 is 1.18 bits per heavy atom. The molecule has 0 spiro atoms. The molecule has 2 aromatic heterocycles. The fourth-order valence-corrected chi connectivity index (χ4v) is 4.44. The molecule has 3 aromatic rings. The van der Waals surface area contributed by atoms with Gasteiger partial charge in [-0.1, -0.05) is 4.98 Å². The van der Waals surface area contributed by atoms with E-state index in [-0.39, 0.29) is 24.2 Å². The van der Waals surface area contributed by atoms with Crippen LogP contribution in [0.15, 0.2) is 36.7 Å². The minimum atomic E-state index is -0.787. The van der Waals surface area contributed by atoms with Crippen LogP contribution in [0.3, 0.4) is 0 Å². The van der Waals surface area contributed by atoms with Crippen molar-refractivity contribution in [3.63, 3.8) is 0 Å². The highest BCUT2D eigenvalue weighted by Crippen LogP contribution is 2.37. The number of benzene rings is 1. The van der Waals surface area contributed by atoms with Crippen LogP contribution in [0.25, 0.3) is 0 Å². The van der Waals surface area contributed by atoms with Gasteiger partial charge in [-0.15, -0.1) is 0 Å². The summed E-state index contributed by atoms with van der Waals surface area (Å²) >= 11 is 0. The molecule has 3 heterocycles. The number of ether oxygens (including phenoxy) is 3. The number of pyridine rings is 1. The normalized spacial score (nSPS) is 13.4. The Bertz CT molecular complexity index is 1370. The topological polar surface area (TPSA) is 156 Å². The molecule has 0 atom stereocenters. The van der Waals surface area contributed by atoms with E-state index in [9.17, 15) is 19.7 Å². The number of aryl methyl sites for hydroxylation is 1. The minimum Gasteiger partial charge on any atom is -0.497 e. The van der Waals surface area contributed by atoms with Crippen LogP contribution >= 0.6 is 0 Å². The van der Waals surface area contributed by atoms with Crippen LogP contribution in [0.2, 0.25) is 0 Å². The van der Waals surface area contributed by atoms with Crippen molar-refractivity contribution in [3.8, 4) is 5.75 Å². The highest BCUT2D eigenvalue weighted by molar-refractivity contribution is 5.97. The van der Waals surface area contributed by atoms with Gasteiger partial charge in [0.1, 0.15) is 23.5 Å². The summed E-state index contributed by atoms with van der Waals surface area (Å²) in [7, 11) is 5.23. The number of H-pyrrole nitrogens is 1. The number of nitrogens with zero attached hydrogens (tertiary/aromatic N) is 6. The molecule has 2 amide bonds. The number of methoxy groups -OCH3 is 1. The molecule has 14 nitrogen and oxygen atoms in total. The molecule has 1 aromatic carbocycles. The van der Waals surface area contributed by atoms with E-state index in [1.54, 1.807) is 42.5 Å². The summed E-state index contributed by atoms with van der Waals surface area (Å²) in [6.45, 7) is 2.60. The molecule has 1 aliphatic heterocycles. The molecule has 0 aliphatic carbocycles. The number of carbonyl (C=O) groups excluding carboxylic acids is 2. The summed E-state index contributed by atoms with van der Waals surface area (Å²) in [4.78, 5) is 51.7. The van der Waals surface area contributed by atoms with Crippen molar-refractivity contribution in [3.05, 3.63) is 58.0 Å². The molecule has 1 saturated heterocycles. The van der Waals surface area contributed by atoms with Gasteiger partial charge in [0, 0.05) is 39.4 Å². The molecule has 212 valence electrons. The van der Waals surface area contributed by atoms with Crippen LogP contribution in [-0.2, 0) is 20.9 Å². The van der Waals surface area contributed by atoms with E-state index in [0.717, 1.165) is 6.41 Å². The second kappa shape index (κ2) is 12.4. The van der Waals surface area contributed by atoms with E-state index in [0.29, 0.717) is 54.4 Å². The maximum Gasteiger partial charge on any atom is 0.432 e. The number of hydrogen-bond acceptors (Lipinski definition) is 10. The van der Waals surface area contributed by atoms with Crippen molar-refractivity contribution in [2.24, 2.45) is 0 Å². The van der Waals surface area contributed by atoms with E-state index in [1.165, 1.54) is 11.1 Å². The summed E-state index contributed by atoms with van der Waals surface area (Å²) in [5, 5.41) is 11.0. The Morgan fingerprint density at radius 2 is 1.93 bits per heavy atom. The second-order valence-corrected chi connectivity index (χ2v) is 9.31. The highest BCUT2D eigenvalue weighted by Gasteiger charge is 2.29. The number of nitrogens with one attached hydrogen (secondary N) is 1. The monoisotopic (exact) mass is 553 g/mol. The molecule has 0 bridgehead atoms. The maximum atomic E-state index is 13.6. The van der Waals surface area contributed by atoms with Gasteiger partial charge in [-0.2, -0.15) is 0 Å². The molecular weight excluding hydrogens is 522 g/mol. The van der Waals surface area contributed by atoms with Crippen molar-refractivity contribution < 1.29 is 28.7 Å². The smallest absolute Gasteiger partial charge is 0.432 e. The van der Waals surface area contributed by atoms with Crippen LogP contribution < -0.4 is 19.4 Å². The zero-order chi connectivity index (χ0) is 28.8. The summed E-state index contributed by atoms with van der Waals surface area (Å²) in [6.07, 6.45) is 4.16. The van der Waals surface area contributed by atoms with Gasteiger partial charge in [0.15, 0.2) is 6.61 Å². The summed E-state index contributed by atoms with van der Waals surface area (Å²) < 4.78 is 16.3. The summed E-state index contributed by atoms with van der Waals surface area (Å²) in [5.74, 6) is 0.359. The number of aromatic amines is 1. The number of carbonyl (C=O) groups is 2.